The first-order valence-electron chi connectivity index (χ1n) is 7.90. The molecule has 1 aromatic carbocycles. The average molecular weight is 374 g/mol. The highest BCUT2D eigenvalue weighted by atomic mass is 32.2. The average Bonchev–Trinajstić information content (AvgIpc) is 2.97. The first-order chi connectivity index (χ1) is 12.0. The smallest absolute Gasteiger partial charge is 0.240 e. The molecular weight excluding hydrogens is 354 g/mol. The van der Waals surface area contributed by atoms with E-state index in [0.29, 0.717) is 17.9 Å². The first-order valence-corrected chi connectivity index (χ1v) is 10.2. The maximum Gasteiger partial charge on any atom is 0.240 e. The predicted octanol–water partition coefficient (Wildman–Crippen LogP) is 3.34. The second-order valence-corrected chi connectivity index (χ2v) is 8.47. The van der Waals surface area contributed by atoms with Gasteiger partial charge in [-0.05, 0) is 44.0 Å². The maximum atomic E-state index is 12.4. The van der Waals surface area contributed by atoms with E-state index in [1.807, 2.05) is 31.2 Å². The van der Waals surface area contributed by atoms with Crippen LogP contribution in [0.1, 0.15) is 16.1 Å². The van der Waals surface area contributed by atoms with Gasteiger partial charge in [-0.1, -0.05) is 24.3 Å². The van der Waals surface area contributed by atoms with Crippen molar-refractivity contribution in [3.63, 3.8) is 0 Å². The number of hydrogen-bond donors (Lipinski definition) is 1. The van der Waals surface area contributed by atoms with Gasteiger partial charge in [0, 0.05) is 17.6 Å². The van der Waals surface area contributed by atoms with E-state index in [0.717, 1.165) is 26.8 Å². The third-order valence-electron chi connectivity index (χ3n) is 3.80. The van der Waals surface area contributed by atoms with Crippen LogP contribution >= 0.6 is 11.3 Å². The Balaban J connectivity index is 1.69. The van der Waals surface area contributed by atoms with E-state index >= 15 is 0 Å². The lowest BCUT2D eigenvalue weighted by atomic mass is 10.2. The molecule has 0 spiro atoms. The van der Waals surface area contributed by atoms with Gasteiger partial charge in [-0.3, -0.25) is 4.98 Å². The number of thiazole rings is 1. The van der Waals surface area contributed by atoms with Crippen LogP contribution in [0.5, 0.6) is 0 Å². The molecule has 0 atom stereocenters. The lowest BCUT2D eigenvalue weighted by molar-refractivity contribution is 0.581. The molecule has 5 nitrogen and oxygen atoms in total. The van der Waals surface area contributed by atoms with E-state index in [1.165, 1.54) is 0 Å². The molecule has 0 aliphatic rings. The Hall–Kier alpha value is -2.09. The molecule has 3 aromatic rings. The van der Waals surface area contributed by atoms with Crippen LogP contribution in [0.25, 0.3) is 10.7 Å². The molecule has 1 N–H and O–H groups in total. The SMILES string of the molecule is Cc1ccccc1S(=O)(=O)NCCc1sc(-c2ccccn2)nc1C. The minimum atomic E-state index is -3.50. The zero-order valence-electron chi connectivity index (χ0n) is 14.1. The summed E-state index contributed by atoms with van der Waals surface area (Å²) in [6.45, 7) is 4.07. The Morgan fingerprint density at radius 2 is 1.84 bits per heavy atom. The quantitative estimate of drug-likeness (QED) is 0.719. The Morgan fingerprint density at radius 1 is 1.08 bits per heavy atom. The van der Waals surface area contributed by atoms with Crippen LogP contribution in [0.15, 0.2) is 53.6 Å². The molecule has 2 heterocycles. The number of pyridine rings is 1. The Labute approximate surface area is 151 Å². The highest BCUT2D eigenvalue weighted by molar-refractivity contribution is 7.89. The summed E-state index contributed by atoms with van der Waals surface area (Å²) in [6, 6.07) is 12.7. The van der Waals surface area contributed by atoms with Gasteiger partial charge < -0.3 is 0 Å². The van der Waals surface area contributed by atoms with Gasteiger partial charge in [-0.25, -0.2) is 18.1 Å². The number of hydrogen-bond acceptors (Lipinski definition) is 5. The number of aromatic nitrogens is 2. The predicted molar refractivity (Wildman–Crippen MR) is 100 cm³/mol. The van der Waals surface area contributed by atoms with Crippen molar-refractivity contribution in [2.45, 2.75) is 25.2 Å². The number of benzene rings is 1. The summed E-state index contributed by atoms with van der Waals surface area (Å²) in [6.07, 6.45) is 2.34. The molecule has 2 aromatic heterocycles. The van der Waals surface area contributed by atoms with Crippen LogP contribution < -0.4 is 4.72 Å². The third-order valence-corrected chi connectivity index (χ3v) is 6.66. The fraction of sp³-hybridized carbons (Fsp3) is 0.222. The van der Waals surface area contributed by atoms with E-state index in [2.05, 4.69) is 14.7 Å². The van der Waals surface area contributed by atoms with Crippen LogP contribution in [0.4, 0.5) is 0 Å². The molecule has 0 bridgehead atoms. The molecule has 0 saturated carbocycles. The highest BCUT2D eigenvalue weighted by Gasteiger charge is 2.16. The fourth-order valence-electron chi connectivity index (χ4n) is 2.49. The zero-order valence-corrected chi connectivity index (χ0v) is 15.7. The number of sulfonamides is 1. The zero-order chi connectivity index (χ0) is 17.9. The summed E-state index contributed by atoms with van der Waals surface area (Å²) in [5, 5.41) is 0.856. The van der Waals surface area contributed by atoms with E-state index in [1.54, 1.807) is 42.7 Å². The molecule has 130 valence electrons. The minimum Gasteiger partial charge on any atom is -0.254 e. The maximum absolute atomic E-state index is 12.4. The second-order valence-electron chi connectivity index (χ2n) is 5.66. The summed E-state index contributed by atoms with van der Waals surface area (Å²) in [5.41, 5.74) is 2.49. The molecule has 0 aliphatic carbocycles. The van der Waals surface area contributed by atoms with Gasteiger partial charge >= 0.3 is 0 Å². The summed E-state index contributed by atoms with van der Waals surface area (Å²) >= 11 is 1.55. The van der Waals surface area contributed by atoms with Gasteiger partial charge in [0.1, 0.15) is 5.01 Å². The monoisotopic (exact) mass is 373 g/mol. The van der Waals surface area contributed by atoms with Crippen LogP contribution in [0.3, 0.4) is 0 Å². The Morgan fingerprint density at radius 3 is 2.56 bits per heavy atom. The molecule has 3 rings (SSSR count). The van der Waals surface area contributed by atoms with Gasteiger partial charge in [-0.2, -0.15) is 0 Å². The molecular formula is C18H19N3O2S2. The summed E-state index contributed by atoms with van der Waals surface area (Å²) in [4.78, 5) is 10.2. The van der Waals surface area contributed by atoms with Gasteiger partial charge in [0.25, 0.3) is 0 Å². The fourth-order valence-corrected chi connectivity index (χ4v) is 4.81. The van der Waals surface area contributed by atoms with Crippen molar-refractivity contribution in [1.82, 2.24) is 14.7 Å². The van der Waals surface area contributed by atoms with Crippen molar-refractivity contribution in [3.05, 3.63) is 64.8 Å². The lowest BCUT2D eigenvalue weighted by Gasteiger charge is -2.08. The van der Waals surface area contributed by atoms with Gasteiger partial charge in [0.15, 0.2) is 0 Å². The second kappa shape index (κ2) is 7.43. The standard InChI is InChI=1S/C18H19N3O2S2/c1-13-7-3-4-9-17(13)25(22,23)20-12-10-16-14(2)21-18(24-16)15-8-5-6-11-19-15/h3-9,11,20H,10,12H2,1-2H3. The minimum absolute atomic E-state index is 0.324. The van der Waals surface area contributed by atoms with Gasteiger partial charge in [0.2, 0.25) is 10.0 Å². The number of aryl methyl sites for hydroxylation is 2. The van der Waals surface area contributed by atoms with E-state index < -0.39 is 10.0 Å². The summed E-state index contributed by atoms with van der Waals surface area (Å²) in [5.74, 6) is 0. The van der Waals surface area contributed by atoms with Crippen LogP contribution in [0.2, 0.25) is 0 Å². The van der Waals surface area contributed by atoms with Crippen LogP contribution in [-0.4, -0.2) is 24.9 Å². The third kappa shape index (κ3) is 4.12. The van der Waals surface area contributed by atoms with Crippen molar-refractivity contribution in [1.29, 1.82) is 0 Å². The molecule has 0 amide bonds. The number of nitrogens with one attached hydrogen (secondary N) is 1. The van der Waals surface area contributed by atoms with E-state index in [4.69, 9.17) is 0 Å². The highest BCUT2D eigenvalue weighted by Crippen LogP contribution is 2.26. The molecule has 0 unspecified atom stereocenters. The first kappa shape index (κ1) is 17.7. The Kier molecular flexibility index (Phi) is 5.27. The van der Waals surface area contributed by atoms with E-state index in [-0.39, 0.29) is 0 Å². The van der Waals surface area contributed by atoms with E-state index in [9.17, 15) is 8.42 Å². The molecule has 0 radical (unpaired) electrons. The number of nitrogens with zero attached hydrogens (tertiary/aromatic N) is 2. The van der Waals surface area contributed by atoms with Crippen molar-refractivity contribution >= 4 is 21.4 Å². The van der Waals surface area contributed by atoms with Crippen molar-refractivity contribution in [3.8, 4) is 10.7 Å². The molecule has 0 fully saturated rings. The number of rotatable bonds is 6. The summed E-state index contributed by atoms with van der Waals surface area (Å²) in [7, 11) is -3.50. The molecule has 0 aliphatic heterocycles. The van der Waals surface area contributed by atoms with Crippen LogP contribution in [-0.2, 0) is 16.4 Å². The van der Waals surface area contributed by atoms with Gasteiger partial charge in [-0.15, -0.1) is 11.3 Å². The lowest BCUT2D eigenvalue weighted by Crippen LogP contribution is -2.26. The largest absolute Gasteiger partial charge is 0.254 e. The van der Waals surface area contributed by atoms with Crippen molar-refractivity contribution in [2.75, 3.05) is 6.54 Å². The van der Waals surface area contributed by atoms with Gasteiger partial charge in [0.05, 0.1) is 16.3 Å². The Bertz CT molecular complexity index is 967. The van der Waals surface area contributed by atoms with Crippen molar-refractivity contribution in [2.24, 2.45) is 0 Å². The molecule has 0 saturated heterocycles. The van der Waals surface area contributed by atoms with Crippen molar-refractivity contribution < 1.29 is 8.42 Å². The van der Waals surface area contributed by atoms with Crippen LogP contribution in [0, 0.1) is 13.8 Å². The normalized spacial score (nSPS) is 11.6. The summed E-state index contributed by atoms with van der Waals surface area (Å²) < 4.78 is 27.5. The molecule has 25 heavy (non-hydrogen) atoms. The molecule has 7 heteroatoms. The topological polar surface area (TPSA) is 72.0 Å².